The van der Waals surface area contributed by atoms with Gasteiger partial charge >= 0.3 is 0 Å². The van der Waals surface area contributed by atoms with Gasteiger partial charge in [0.05, 0.1) is 6.17 Å². The molecule has 34 heavy (non-hydrogen) atoms. The fraction of sp³-hybridized carbons (Fsp3) is 0.310. The van der Waals surface area contributed by atoms with Crippen LogP contribution in [0.4, 0.5) is 11.4 Å². The highest BCUT2D eigenvalue weighted by Gasteiger charge is 2.36. The second-order valence-electron chi connectivity index (χ2n) is 9.35. The van der Waals surface area contributed by atoms with Crippen LogP contribution in [0.25, 0.3) is 0 Å². The summed E-state index contributed by atoms with van der Waals surface area (Å²) in [5.41, 5.74) is 6.28. The van der Waals surface area contributed by atoms with Crippen LogP contribution in [0.5, 0.6) is 0 Å². The van der Waals surface area contributed by atoms with Crippen LogP contribution >= 0.6 is 0 Å². The number of carbonyl (C=O) groups is 2. The van der Waals surface area contributed by atoms with E-state index in [1.807, 2.05) is 73.3 Å². The van der Waals surface area contributed by atoms with Crippen molar-refractivity contribution in [2.45, 2.75) is 45.7 Å². The molecule has 1 fully saturated rings. The lowest BCUT2D eigenvalue weighted by atomic mass is 9.97. The number of rotatable bonds is 4. The highest BCUT2D eigenvalue weighted by Crippen LogP contribution is 2.34. The molecule has 2 aliphatic heterocycles. The first-order valence-corrected chi connectivity index (χ1v) is 12.2. The Kier molecular flexibility index (Phi) is 6.20. The average molecular weight is 454 g/mol. The number of nitrogens with zero attached hydrogens (tertiary/aromatic N) is 2. The molecule has 3 aromatic rings. The molecule has 1 unspecified atom stereocenters. The molecule has 1 N–H and O–H groups in total. The van der Waals surface area contributed by atoms with Crippen LogP contribution < -0.4 is 10.2 Å². The SMILES string of the molecule is Cc1cccc(C(=O)Nc2ccc(C(=O)N3c4ccccc4CCC3N3CCCC3)cc2)c1C. The minimum absolute atomic E-state index is 0.0106. The molecule has 3 aromatic carbocycles. The van der Waals surface area contributed by atoms with Gasteiger partial charge in [-0.2, -0.15) is 0 Å². The summed E-state index contributed by atoms with van der Waals surface area (Å²) in [5.74, 6) is -0.129. The summed E-state index contributed by atoms with van der Waals surface area (Å²) in [6.07, 6.45) is 4.41. The van der Waals surface area contributed by atoms with Crippen molar-refractivity contribution in [3.63, 3.8) is 0 Å². The summed E-state index contributed by atoms with van der Waals surface area (Å²) in [4.78, 5) is 31.0. The smallest absolute Gasteiger partial charge is 0.259 e. The predicted octanol–water partition coefficient (Wildman–Crippen LogP) is 5.57. The van der Waals surface area contributed by atoms with Gasteiger partial charge in [0.1, 0.15) is 0 Å². The number of likely N-dealkylation sites (tertiary alicyclic amines) is 1. The molecule has 0 bridgehead atoms. The first-order valence-electron chi connectivity index (χ1n) is 12.2. The van der Waals surface area contributed by atoms with E-state index in [1.54, 1.807) is 0 Å². The molecule has 5 nitrogen and oxygen atoms in total. The van der Waals surface area contributed by atoms with Gasteiger partial charge in [-0.3, -0.25) is 19.4 Å². The Morgan fingerprint density at radius 1 is 0.882 bits per heavy atom. The van der Waals surface area contributed by atoms with Crippen LogP contribution in [0, 0.1) is 13.8 Å². The number of nitrogens with one attached hydrogen (secondary N) is 1. The van der Waals surface area contributed by atoms with Crippen LogP contribution in [0.3, 0.4) is 0 Å². The fourth-order valence-corrected chi connectivity index (χ4v) is 5.19. The number of hydrogen-bond donors (Lipinski definition) is 1. The maximum atomic E-state index is 13.8. The number of carbonyl (C=O) groups excluding carboxylic acids is 2. The van der Waals surface area contributed by atoms with Gasteiger partial charge in [-0.25, -0.2) is 0 Å². The Morgan fingerprint density at radius 2 is 1.62 bits per heavy atom. The van der Waals surface area contributed by atoms with Crippen molar-refractivity contribution in [3.8, 4) is 0 Å². The van der Waals surface area contributed by atoms with Crippen molar-refractivity contribution in [3.05, 3.63) is 94.5 Å². The van der Waals surface area contributed by atoms with Crippen LogP contribution in [-0.4, -0.2) is 36.0 Å². The highest BCUT2D eigenvalue weighted by molar-refractivity contribution is 6.08. The lowest BCUT2D eigenvalue weighted by Crippen LogP contribution is -2.52. The number of aryl methyl sites for hydroxylation is 2. The van der Waals surface area contributed by atoms with Gasteiger partial charge in [0.2, 0.25) is 0 Å². The van der Waals surface area contributed by atoms with Crippen LogP contribution in [-0.2, 0) is 6.42 Å². The van der Waals surface area contributed by atoms with E-state index in [1.165, 1.54) is 18.4 Å². The quantitative estimate of drug-likeness (QED) is 0.562. The number of fused-ring (bicyclic) bond motifs is 1. The molecular weight excluding hydrogens is 422 g/mol. The minimum atomic E-state index is -0.140. The second-order valence-corrected chi connectivity index (χ2v) is 9.35. The lowest BCUT2D eigenvalue weighted by molar-refractivity contribution is 0.0926. The molecule has 0 aromatic heterocycles. The Bertz CT molecular complexity index is 1210. The molecular formula is C29H31N3O2. The van der Waals surface area contributed by atoms with Crippen LogP contribution in [0.2, 0.25) is 0 Å². The second kappa shape index (κ2) is 9.43. The summed E-state index contributed by atoms with van der Waals surface area (Å²) in [6.45, 7) is 6.04. The lowest BCUT2D eigenvalue weighted by Gasteiger charge is -2.42. The summed E-state index contributed by atoms with van der Waals surface area (Å²) in [7, 11) is 0. The van der Waals surface area contributed by atoms with E-state index in [0.29, 0.717) is 16.8 Å². The minimum Gasteiger partial charge on any atom is -0.322 e. The van der Waals surface area contributed by atoms with Crippen molar-refractivity contribution in [2.24, 2.45) is 0 Å². The zero-order valence-corrected chi connectivity index (χ0v) is 19.9. The van der Waals surface area contributed by atoms with Crippen molar-refractivity contribution in [1.29, 1.82) is 0 Å². The third kappa shape index (κ3) is 4.24. The van der Waals surface area contributed by atoms with E-state index in [4.69, 9.17) is 0 Å². The zero-order valence-electron chi connectivity index (χ0n) is 19.9. The predicted molar refractivity (Wildman–Crippen MR) is 136 cm³/mol. The largest absolute Gasteiger partial charge is 0.322 e. The molecule has 0 spiro atoms. The molecule has 5 rings (SSSR count). The standard InChI is InChI=1S/C29H31N3O2/c1-20-8-7-10-25(21(20)2)28(33)30-24-15-12-23(13-16-24)29(34)32-26-11-4-3-9-22(26)14-17-27(32)31-18-5-6-19-31/h3-4,7-13,15-16,27H,5-6,14,17-19H2,1-2H3,(H,30,33). The Hall–Kier alpha value is -3.44. The number of hydrogen-bond acceptors (Lipinski definition) is 3. The van der Waals surface area contributed by atoms with Gasteiger partial charge in [0.25, 0.3) is 11.8 Å². The van der Waals surface area contributed by atoms with E-state index in [2.05, 4.69) is 22.3 Å². The van der Waals surface area contributed by atoms with Gasteiger partial charge < -0.3 is 5.32 Å². The van der Waals surface area contributed by atoms with Crippen LogP contribution in [0.15, 0.2) is 66.7 Å². The summed E-state index contributed by atoms with van der Waals surface area (Å²) < 4.78 is 0. The van der Waals surface area contributed by atoms with Crippen molar-refractivity contribution in [1.82, 2.24) is 4.90 Å². The highest BCUT2D eigenvalue weighted by atomic mass is 16.2. The molecule has 5 heteroatoms. The topological polar surface area (TPSA) is 52.7 Å². The molecule has 1 saturated heterocycles. The van der Waals surface area contributed by atoms with Crippen molar-refractivity contribution >= 4 is 23.2 Å². The van der Waals surface area contributed by atoms with E-state index in [9.17, 15) is 9.59 Å². The Labute approximate surface area is 201 Å². The van der Waals surface area contributed by atoms with E-state index in [-0.39, 0.29) is 18.0 Å². The van der Waals surface area contributed by atoms with Crippen molar-refractivity contribution in [2.75, 3.05) is 23.3 Å². The molecule has 2 aliphatic rings. The molecule has 0 radical (unpaired) electrons. The van der Waals surface area contributed by atoms with Gasteiger partial charge in [-0.05, 0) is 92.6 Å². The molecule has 1 atom stereocenters. The maximum Gasteiger partial charge on any atom is 0.259 e. The molecule has 0 saturated carbocycles. The maximum absolute atomic E-state index is 13.8. The number of benzene rings is 3. The van der Waals surface area contributed by atoms with Crippen molar-refractivity contribution < 1.29 is 9.59 Å². The van der Waals surface area contributed by atoms with E-state index < -0.39 is 0 Å². The number of para-hydroxylation sites is 1. The third-order valence-corrected chi connectivity index (χ3v) is 7.24. The summed E-state index contributed by atoms with van der Waals surface area (Å²) in [6, 6.07) is 21.2. The Balaban J connectivity index is 1.38. The molecule has 2 heterocycles. The van der Waals surface area contributed by atoms with Gasteiger partial charge in [-0.1, -0.05) is 30.3 Å². The summed E-state index contributed by atoms with van der Waals surface area (Å²) >= 11 is 0. The molecule has 0 aliphatic carbocycles. The molecule has 174 valence electrons. The van der Waals surface area contributed by atoms with E-state index in [0.717, 1.165) is 42.7 Å². The van der Waals surface area contributed by atoms with Gasteiger partial charge in [0, 0.05) is 35.6 Å². The monoisotopic (exact) mass is 453 g/mol. The zero-order chi connectivity index (χ0) is 23.7. The average Bonchev–Trinajstić information content (AvgIpc) is 3.40. The first kappa shape index (κ1) is 22.4. The first-order chi connectivity index (χ1) is 16.5. The number of anilines is 2. The number of amides is 2. The van der Waals surface area contributed by atoms with Gasteiger partial charge in [-0.15, -0.1) is 0 Å². The van der Waals surface area contributed by atoms with Gasteiger partial charge in [0.15, 0.2) is 0 Å². The summed E-state index contributed by atoms with van der Waals surface area (Å²) in [5, 5.41) is 2.97. The van der Waals surface area contributed by atoms with Crippen LogP contribution in [0.1, 0.15) is 56.7 Å². The Morgan fingerprint density at radius 3 is 2.38 bits per heavy atom. The third-order valence-electron chi connectivity index (χ3n) is 7.24. The molecule has 2 amide bonds. The normalized spacial score (nSPS) is 17.9. The fourth-order valence-electron chi connectivity index (χ4n) is 5.19. The van der Waals surface area contributed by atoms with E-state index >= 15 is 0 Å².